The van der Waals surface area contributed by atoms with Crippen molar-refractivity contribution >= 4 is 15.9 Å². The number of aliphatic hydroxyl groups is 1. The lowest BCUT2D eigenvalue weighted by molar-refractivity contribution is -0.136. The molecular formula is C28H42N2O5S. The van der Waals surface area contributed by atoms with Crippen LogP contribution in [-0.4, -0.2) is 67.5 Å². The van der Waals surface area contributed by atoms with E-state index in [1.165, 1.54) is 10.7 Å². The van der Waals surface area contributed by atoms with Gasteiger partial charge in [-0.2, -0.15) is 4.31 Å². The molecule has 1 saturated carbocycles. The molecule has 0 bridgehead atoms. The van der Waals surface area contributed by atoms with Crippen LogP contribution in [0.5, 0.6) is 5.75 Å². The maximum atomic E-state index is 13.6. The number of aliphatic hydroxyl groups excluding tert-OH is 1. The van der Waals surface area contributed by atoms with Crippen molar-refractivity contribution < 1.29 is 23.1 Å². The van der Waals surface area contributed by atoms with Crippen molar-refractivity contribution in [2.45, 2.75) is 83.3 Å². The van der Waals surface area contributed by atoms with Crippen molar-refractivity contribution in [2.75, 3.05) is 26.7 Å². The predicted octanol–water partition coefficient (Wildman–Crippen LogP) is 3.89. The molecule has 200 valence electrons. The molecule has 0 saturated heterocycles. The largest absolute Gasteiger partial charge is 0.487 e. The topological polar surface area (TPSA) is 87.2 Å². The number of ether oxygens (including phenoxy) is 1. The summed E-state index contributed by atoms with van der Waals surface area (Å²) in [5.74, 6) is 6.93. The zero-order valence-electron chi connectivity index (χ0n) is 22.4. The third-order valence-corrected chi connectivity index (χ3v) is 9.21. The summed E-state index contributed by atoms with van der Waals surface area (Å²) in [6, 6.07) is 4.35. The van der Waals surface area contributed by atoms with E-state index in [2.05, 4.69) is 25.7 Å². The minimum Gasteiger partial charge on any atom is -0.487 e. The lowest BCUT2D eigenvalue weighted by Crippen LogP contribution is -2.50. The quantitative estimate of drug-likeness (QED) is 0.578. The Bertz CT molecular complexity index is 1070. The molecule has 1 aliphatic heterocycles. The molecule has 3 atom stereocenters. The maximum Gasteiger partial charge on any atom is 0.247 e. The molecule has 1 aromatic carbocycles. The fourth-order valence-corrected chi connectivity index (χ4v) is 6.73. The van der Waals surface area contributed by atoms with E-state index in [4.69, 9.17) is 4.74 Å². The fourth-order valence-electron chi connectivity index (χ4n) is 4.90. The lowest BCUT2D eigenvalue weighted by atomic mass is 9.88. The predicted molar refractivity (Wildman–Crippen MR) is 141 cm³/mol. The van der Waals surface area contributed by atoms with Gasteiger partial charge in [0, 0.05) is 43.5 Å². The van der Waals surface area contributed by atoms with Crippen molar-refractivity contribution in [3.8, 4) is 17.6 Å². The molecular weight excluding hydrogens is 476 g/mol. The van der Waals surface area contributed by atoms with E-state index in [1.54, 1.807) is 30.0 Å². The molecule has 1 heterocycles. The zero-order valence-corrected chi connectivity index (χ0v) is 23.2. The molecule has 3 rings (SSSR count). The smallest absolute Gasteiger partial charge is 0.247 e. The first-order valence-corrected chi connectivity index (χ1v) is 14.7. The molecule has 1 N–H and O–H groups in total. The highest BCUT2D eigenvalue weighted by atomic mass is 32.2. The Hall–Kier alpha value is -2.08. The summed E-state index contributed by atoms with van der Waals surface area (Å²) < 4.78 is 35.0. The lowest BCUT2D eigenvalue weighted by Gasteiger charge is -2.38. The highest BCUT2D eigenvalue weighted by Crippen LogP contribution is 2.34. The van der Waals surface area contributed by atoms with Crippen LogP contribution in [0.25, 0.3) is 0 Å². The van der Waals surface area contributed by atoms with E-state index < -0.39 is 22.2 Å². The zero-order chi connectivity index (χ0) is 26.5. The molecule has 7 nitrogen and oxygen atoms in total. The number of amides is 1. The molecule has 1 fully saturated rings. The molecule has 0 spiro atoms. The third-order valence-electron chi connectivity index (χ3n) is 7.19. The third kappa shape index (κ3) is 6.81. The van der Waals surface area contributed by atoms with E-state index in [-0.39, 0.29) is 41.5 Å². The van der Waals surface area contributed by atoms with Crippen LogP contribution >= 0.6 is 0 Å². The molecule has 1 aromatic rings. The number of nitrogens with zero attached hydrogens (tertiary/aromatic N) is 2. The van der Waals surface area contributed by atoms with Crippen molar-refractivity contribution in [1.29, 1.82) is 0 Å². The van der Waals surface area contributed by atoms with Gasteiger partial charge in [0.2, 0.25) is 15.9 Å². The summed E-state index contributed by atoms with van der Waals surface area (Å²) >= 11 is 0. The van der Waals surface area contributed by atoms with Crippen LogP contribution in [-0.2, 0) is 14.8 Å². The summed E-state index contributed by atoms with van der Waals surface area (Å²) in [5.41, 5.74) is 0.685. The highest BCUT2D eigenvalue weighted by molar-refractivity contribution is 7.89. The Labute approximate surface area is 217 Å². The van der Waals surface area contributed by atoms with Crippen molar-refractivity contribution in [2.24, 2.45) is 17.8 Å². The second kappa shape index (κ2) is 12.4. The summed E-state index contributed by atoms with van der Waals surface area (Å²) in [6.45, 7) is 8.10. The van der Waals surface area contributed by atoms with Gasteiger partial charge in [-0.15, -0.1) is 0 Å². The maximum absolute atomic E-state index is 13.6. The Balaban J connectivity index is 1.96. The van der Waals surface area contributed by atoms with Gasteiger partial charge in [-0.3, -0.25) is 4.79 Å². The number of carbonyl (C=O) groups excluding carboxylic acids is 1. The average molecular weight is 519 g/mol. The first-order chi connectivity index (χ1) is 17.0. The second-order valence-electron chi connectivity index (χ2n) is 10.9. The van der Waals surface area contributed by atoms with Gasteiger partial charge in [-0.1, -0.05) is 51.9 Å². The van der Waals surface area contributed by atoms with Gasteiger partial charge in [-0.05, 0) is 43.9 Å². The van der Waals surface area contributed by atoms with Gasteiger partial charge in [0.15, 0.2) is 0 Å². The number of sulfonamides is 1. The summed E-state index contributed by atoms with van der Waals surface area (Å²) in [5, 5.41) is 9.82. The Morgan fingerprint density at radius 1 is 1.22 bits per heavy atom. The van der Waals surface area contributed by atoms with Gasteiger partial charge in [0.05, 0.1) is 13.2 Å². The molecule has 1 aliphatic carbocycles. The summed E-state index contributed by atoms with van der Waals surface area (Å²) in [4.78, 5) is 15.0. The number of carbonyl (C=O) groups is 1. The minimum absolute atomic E-state index is 0.0500. The van der Waals surface area contributed by atoms with E-state index >= 15 is 0 Å². The van der Waals surface area contributed by atoms with E-state index in [9.17, 15) is 18.3 Å². The molecule has 36 heavy (non-hydrogen) atoms. The van der Waals surface area contributed by atoms with Crippen molar-refractivity contribution in [3.05, 3.63) is 23.8 Å². The number of fused-ring (bicyclic) bond motifs is 1. The fraction of sp³-hybridized carbons (Fsp3) is 0.679. The van der Waals surface area contributed by atoms with Gasteiger partial charge in [0.1, 0.15) is 16.7 Å². The van der Waals surface area contributed by atoms with Gasteiger partial charge in [0.25, 0.3) is 0 Å². The van der Waals surface area contributed by atoms with E-state index in [0.29, 0.717) is 18.0 Å². The van der Waals surface area contributed by atoms with Crippen LogP contribution in [0, 0.1) is 29.6 Å². The molecule has 0 radical (unpaired) electrons. The number of rotatable bonds is 6. The average Bonchev–Trinajstić information content (AvgIpc) is 2.85. The van der Waals surface area contributed by atoms with Crippen molar-refractivity contribution in [1.82, 2.24) is 9.21 Å². The number of likely N-dealkylation sites (N-methyl/N-ethyl adjacent to an activating group) is 1. The Morgan fingerprint density at radius 3 is 2.56 bits per heavy atom. The van der Waals surface area contributed by atoms with Gasteiger partial charge < -0.3 is 14.7 Å². The van der Waals surface area contributed by atoms with Crippen LogP contribution in [0.1, 0.15) is 71.8 Å². The SMILES string of the molecule is CC(C)CC#Cc1ccc2c(c1)O[C@@H](CN(C)C(=O)C1CCCCC1)[C@H](C)CN([C@@H](C)CO)S2(=O)=O. The van der Waals surface area contributed by atoms with Crippen LogP contribution in [0.3, 0.4) is 0 Å². The monoisotopic (exact) mass is 518 g/mol. The molecule has 2 aliphatic rings. The first kappa shape index (κ1) is 28.5. The summed E-state index contributed by atoms with van der Waals surface area (Å²) in [6.07, 6.45) is 5.52. The summed E-state index contributed by atoms with van der Waals surface area (Å²) in [7, 11) is -2.09. The second-order valence-corrected chi connectivity index (χ2v) is 12.7. The van der Waals surface area contributed by atoms with E-state index in [0.717, 1.165) is 32.1 Å². The molecule has 1 amide bonds. The number of benzene rings is 1. The molecule has 0 unspecified atom stereocenters. The van der Waals surface area contributed by atoms with Crippen LogP contribution in [0.4, 0.5) is 0 Å². The Morgan fingerprint density at radius 2 is 1.92 bits per heavy atom. The van der Waals surface area contributed by atoms with Crippen LogP contribution < -0.4 is 4.74 Å². The van der Waals surface area contributed by atoms with Crippen LogP contribution in [0.2, 0.25) is 0 Å². The normalized spacial score (nSPS) is 23.4. The van der Waals surface area contributed by atoms with Crippen LogP contribution in [0.15, 0.2) is 23.1 Å². The Kier molecular flexibility index (Phi) is 9.85. The molecule has 0 aromatic heterocycles. The highest BCUT2D eigenvalue weighted by Gasteiger charge is 2.38. The van der Waals surface area contributed by atoms with Gasteiger partial charge >= 0.3 is 0 Å². The number of hydrogen-bond donors (Lipinski definition) is 1. The molecule has 8 heteroatoms. The van der Waals surface area contributed by atoms with Gasteiger partial charge in [-0.25, -0.2) is 8.42 Å². The standard InChI is InChI=1S/C28H42N2O5S/c1-20(2)10-9-11-23-14-15-27-25(16-23)35-26(18-29(5)28(32)24-12-7-6-8-13-24)21(3)17-30(22(4)19-31)36(27,33)34/h14-16,20-22,24,26,31H,6-8,10,12-13,17-19H2,1-5H3/t21-,22+,26+/m1/s1. The van der Waals surface area contributed by atoms with Crippen molar-refractivity contribution in [3.63, 3.8) is 0 Å². The first-order valence-electron chi connectivity index (χ1n) is 13.2. The van der Waals surface area contributed by atoms with E-state index in [1.807, 2.05) is 14.0 Å². The minimum atomic E-state index is -3.90. The number of hydrogen-bond acceptors (Lipinski definition) is 5.